The molecule has 3 aromatic rings. The predicted molar refractivity (Wildman–Crippen MR) is 119 cm³/mol. The molecule has 174 valence electrons. The standard InChI is InChI=1S/C21H22N4O7S/c26-20(14-24-18-9-8-16(25(28)29)13-19(18)32-21(24)27)22-15-6-5-7-17(12-15)33(30,31)23-10-3-1-2-4-11-23/h5-9,12-13H,1-4,10-11,14H2,(H,22,26). The number of non-ortho nitro benzene ring substituents is 1. The van der Waals surface area contributed by atoms with Gasteiger partial charge in [-0.15, -0.1) is 0 Å². The van der Waals surface area contributed by atoms with E-state index in [4.69, 9.17) is 4.42 Å². The highest BCUT2D eigenvalue weighted by Crippen LogP contribution is 2.23. The lowest BCUT2D eigenvalue weighted by Gasteiger charge is -2.20. The molecule has 0 aliphatic carbocycles. The third-order valence-corrected chi connectivity index (χ3v) is 7.38. The van der Waals surface area contributed by atoms with Crippen LogP contribution in [0.5, 0.6) is 0 Å². The topological polar surface area (TPSA) is 145 Å². The Morgan fingerprint density at radius 2 is 1.82 bits per heavy atom. The van der Waals surface area contributed by atoms with Crippen LogP contribution in [0.2, 0.25) is 0 Å². The maximum absolute atomic E-state index is 13.0. The van der Waals surface area contributed by atoms with Crippen LogP contribution in [0, 0.1) is 10.1 Å². The van der Waals surface area contributed by atoms with Gasteiger partial charge in [-0.3, -0.25) is 19.5 Å². The second-order valence-electron chi connectivity index (χ2n) is 7.76. The van der Waals surface area contributed by atoms with Gasteiger partial charge in [-0.05, 0) is 37.1 Å². The fourth-order valence-corrected chi connectivity index (χ4v) is 5.39. The average molecular weight is 474 g/mol. The normalized spacial score (nSPS) is 15.3. The van der Waals surface area contributed by atoms with E-state index in [0.717, 1.165) is 36.3 Å². The van der Waals surface area contributed by atoms with E-state index in [1.54, 1.807) is 12.1 Å². The summed E-state index contributed by atoms with van der Waals surface area (Å²) in [6, 6.07) is 9.62. The second-order valence-corrected chi connectivity index (χ2v) is 9.70. The number of nitrogens with one attached hydrogen (secondary N) is 1. The Balaban J connectivity index is 1.52. The van der Waals surface area contributed by atoms with E-state index in [9.17, 15) is 28.1 Å². The first kappa shape index (κ1) is 22.7. The van der Waals surface area contributed by atoms with Crippen LogP contribution < -0.4 is 11.1 Å². The van der Waals surface area contributed by atoms with Crippen LogP contribution >= 0.6 is 0 Å². The van der Waals surface area contributed by atoms with E-state index < -0.39 is 33.2 Å². The number of oxazole rings is 1. The van der Waals surface area contributed by atoms with E-state index in [-0.39, 0.29) is 27.4 Å². The minimum atomic E-state index is -3.68. The van der Waals surface area contributed by atoms with Crippen molar-refractivity contribution in [3.8, 4) is 0 Å². The molecule has 1 N–H and O–H groups in total. The lowest BCUT2D eigenvalue weighted by Crippen LogP contribution is -2.32. The smallest absolute Gasteiger partial charge is 0.407 e. The fraction of sp³-hybridized carbons (Fsp3) is 0.333. The SMILES string of the molecule is O=C(Cn1c(=O)oc2cc([N+](=O)[O-])ccc21)Nc1cccc(S(=O)(=O)N2CCCCCC2)c1. The minimum Gasteiger partial charge on any atom is -0.407 e. The van der Waals surface area contributed by atoms with Crippen LogP contribution in [0.25, 0.3) is 11.1 Å². The number of benzene rings is 2. The molecule has 12 heteroatoms. The summed E-state index contributed by atoms with van der Waals surface area (Å²) in [6.07, 6.45) is 3.62. The summed E-state index contributed by atoms with van der Waals surface area (Å²) >= 11 is 0. The van der Waals surface area contributed by atoms with Gasteiger partial charge in [0.15, 0.2) is 5.58 Å². The van der Waals surface area contributed by atoms with Crippen molar-refractivity contribution in [2.24, 2.45) is 0 Å². The Morgan fingerprint density at radius 1 is 1.09 bits per heavy atom. The number of hydrogen-bond donors (Lipinski definition) is 1. The van der Waals surface area contributed by atoms with Crippen molar-refractivity contribution in [1.82, 2.24) is 8.87 Å². The van der Waals surface area contributed by atoms with Gasteiger partial charge >= 0.3 is 5.76 Å². The Bertz CT molecular complexity index is 1370. The first-order valence-corrected chi connectivity index (χ1v) is 11.9. The number of aromatic nitrogens is 1. The van der Waals surface area contributed by atoms with Gasteiger partial charge in [0.05, 0.1) is 21.4 Å². The lowest BCUT2D eigenvalue weighted by molar-refractivity contribution is -0.384. The van der Waals surface area contributed by atoms with Crippen molar-refractivity contribution in [3.63, 3.8) is 0 Å². The van der Waals surface area contributed by atoms with E-state index >= 15 is 0 Å². The Kier molecular flexibility index (Phi) is 6.29. The van der Waals surface area contributed by atoms with Gasteiger partial charge < -0.3 is 9.73 Å². The number of anilines is 1. The second kappa shape index (κ2) is 9.16. The van der Waals surface area contributed by atoms with Gasteiger partial charge in [-0.25, -0.2) is 13.2 Å². The molecule has 2 aromatic carbocycles. The third kappa shape index (κ3) is 4.81. The summed E-state index contributed by atoms with van der Waals surface area (Å²) in [5.74, 6) is -1.42. The molecule has 0 saturated carbocycles. The summed E-state index contributed by atoms with van der Waals surface area (Å²) in [7, 11) is -3.68. The molecule has 0 unspecified atom stereocenters. The molecule has 1 saturated heterocycles. The largest absolute Gasteiger partial charge is 0.420 e. The molecule has 11 nitrogen and oxygen atoms in total. The molecule has 0 spiro atoms. The van der Waals surface area contributed by atoms with Crippen LogP contribution in [0.1, 0.15) is 25.7 Å². The van der Waals surface area contributed by atoms with Gasteiger partial charge in [0, 0.05) is 24.8 Å². The molecular weight excluding hydrogens is 452 g/mol. The van der Waals surface area contributed by atoms with Gasteiger partial charge in [0.2, 0.25) is 15.9 Å². The minimum absolute atomic E-state index is 0.00691. The quantitative estimate of drug-likeness (QED) is 0.427. The first-order chi connectivity index (χ1) is 15.8. The van der Waals surface area contributed by atoms with Crippen molar-refractivity contribution in [3.05, 3.63) is 63.1 Å². The summed E-state index contributed by atoms with van der Waals surface area (Å²) in [4.78, 5) is 35.1. The third-order valence-electron chi connectivity index (χ3n) is 5.48. The molecule has 33 heavy (non-hydrogen) atoms. The maximum Gasteiger partial charge on any atom is 0.420 e. The molecule has 1 fully saturated rings. The highest BCUT2D eigenvalue weighted by molar-refractivity contribution is 7.89. The zero-order valence-electron chi connectivity index (χ0n) is 17.6. The molecule has 1 aromatic heterocycles. The highest BCUT2D eigenvalue weighted by atomic mass is 32.2. The van der Waals surface area contributed by atoms with Crippen molar-refractivity contribution in [1.29, 1.82) is 0 Å². The van der Waals surface area contributed by atoms with E-state index in [0.29, 0.717) is 13.1 Å². The number of nitro groups is 1. The molecular formula is C21H22N4O7S. The van der Waals surface area contributed by atoms with Gasteiger partial charge in [0.25, 0.3) is 5.69 Å². The molecule has 1 amide bonds. The van der Waals surface area contributed by atoms with Crippen molar-refractivity contribution >= 4 is 38.4 Å². The number of amides is 1. The Morgan fingerprint density at radius 3 is 2.52 bits per heavy atom. The van der Waals surface area contributed by atoms with Crippen LogP contribution in [0.3, 0.4) is 0 Å². The highest BCUT2D eigenvalue weighted by Gasteiger charge is 2.25. The van der Waals surface area contributed by atoms with Crippen LogP contribution in [-0.2, 0) is 21.4 Å². The van der Waals surface area contributed by atoms with Crippen LogP contribution in [0.4, 0.5) is 11.4 Å². The number of sulfonamides is 1. The number of carbonyl (C=O) groups excluding carboxylic acids is 1. The summed E-state index contributed by atoms with van der Waals surface area (Å²) in [5.41, 5.74) is 0.258. The van der Waals surface area contributed by atoms with Gasteiger partial charge in [0.1, 0.15) is 6.54 Å². The number of nitro benzene ring substituents is 1. The zero-order valence-corrected chi connectivity index (χ0v) is 18.4. The number of hydrogen-bond acceptors (Lipinski definition) is 7. The van der Waals surface area contributed by atoms with E-state index in [2.05, 4.69) is 5.32 Å². The Hall–Kier alpha value is -3.51. The molecule has 1 aliphatic rings. The summed E-state index contributed by atoms with van der Waals surface area (Å²) < 4.78 is 33.6. The van der Waals surface area contributed by atoms with Crippen molar-refractivity contribution in [2.45, 2.75) is 37.1 Å². The molecule has 0 bridgehead atoms. The summed E-state index contributed by atoms with van der Waals surface area (Å²) in [5, 5.41) is 13.5. The van der Waals surface area contributed by atoms with Crippen LogP contribution in [-0.4, -0.2) is 41.2 Å². The van der Waals surface area contributed by atoms with Crippen molar-refractivity contribution < 1.29 is 22.6 Å². The predicted octanol–water partition coefficient (Wildman–Crippen LogP) is 2.71. The molecule has 0 radical (unpaired) electrons. The monoisotopic (exact) mass is 474 g/mol. The van der Waals surface area contributed by atoms with Crippen molar-refractivity contribution in [2.75, 3.05) is 18.4 Å². The molecule has 2 heterocycles. The fourth-order valence-electron chi connectivity index (χ4n) is 3.83. The number of carbonyl (C=O) groups is 1. The number of rotatable bonds is 6. The maximum atomic E-state index is 13.0. The van der Waals surface area contributed by atoms with Crippen LogP contribution in [0.15, 0.2) is 56.6 Å². The molecule has 4 rings (SSSR count). The summed E-state index contributed by atoms with van der Waals surface area (Å²) in [6.45, 7) is 0.522. The Labute approximate surface area is 188 Å². The zero-order chi connectivity index (χ0) is 23.6. The number of fused-ring (bicyclic) bond motifs is 1. The van der Waals surface area contributed by atoms with Gasteiger partial charge in [-0.2, -0.15) is 4.31 Å². The number of nitrogens with zero attached hydrogens (tertiary/aromatic N) is 3. The average Bonchev–Trinajstić information content (AvgIpc) is 2.95. The molecule has 0 atom stereocenters. The molecule has 1 aliphatic heterocycles. The van der Waals surface area contributed by atoms with E-state index in [1.807, 2.05) is 0 Å². The first-order valence-electron chi connectivity index (χ1n) is 10.4. The van der Waals surface area contributed by atoms with Gasteiger partial charge in [-0.1, -0.05) is 18.9 Å². The van der Waals surface area contributed by atoms with E-state index in [1.165, 1.54) is 28.6 Å². The lowest BCUT2D eigenvalue weighted by atomic mass is 10.2.